The highest BCUT2D eigenvalue weighted by Crippen LogP contribution is 2.39. The van der Waals surface area contributed by atoms with E-state index in [1.807, 2.05) is 53.4 Å². The first-order valence-corrected chi connectivity index (χ1v) is 10.3. The molecular weight excluding hydrogens is 382 g/mol. The first-order valence-electron chi connectivity index (χ1n) is 9.45. The molecule has 0 saturated heterocycles. The second kappa shape index (κ2) is 6.10. The summed E-state index contributed by atoms with van der Waals surface area (Å²) in [6.07, 6.45) is 8.02. The molecule has 5 heterocycles. The maximum Gasteiger partial charge on any atom is 0.149 e. The number of hydrogen-bond donors (Lipinski definition) is 2. The number of aromatic nitrogens is 5. The lowest BCUT2D eigenvalue weighted by Gasteiger charge is -2.22. The van der Waals surface area contributed by atoms with Gasteiger partial charge in [0, 0.05) is 59.6 Å². The minimum Gasteiger partial charge on any atom is -0.377 e. The van der Waals surface area contributed by atoms with Gasteiger partial charge in [-0.05, 0) is 23.8 Å². The lowest BCUT2D eigenvalue weighted by atomic mass is 9.90. The number of imidazole rings is 1. The van der Waals surface area contributed by atoms with Crippen LogP contribution < -0.4 is 0 Å². The van der Waals surface area contributed by atoms with Crippen molar-refractivity contribution < 1.29 is 5.11 Å². The standard InChI is InChI=1S/C22H17N5OS/c28-22(6-9-27-10-8-24-21(22)27)15-4-1-3-14(11-15)20-26-18(13-29-20)17-12-25-19-16(17)5-2-7-23-19/h1-5,7-8,10-13,28H,6,9H2,(H,23,25)/t22-/m0/s1. The molecule has 0 saturated carbocycles. The number of aliphatic hydroxyl groups is 1. The summed E-state index contributed by atoms with van der Waals surface area (Å²) in [4.78, 5) is 16.8. The number of fused-ring (bicyclic) bond motifs is 2. The molecule has 0 spiro atoms. The van der Waals surface area contributed by atoms with Gasteiger partial charge in [0.05, 0.1) is 5.69 Å². The Morgan fingerprint density at radius 3 is 3.07 bits per heavy atom. The molecule has 6 rings (SSSR count). The summed E-state index contributed by atoms with van der Waals surface area (Å²) in [5.74, 6) is 0.709. The van der Waals surface area contributed by atoms with E-state index in [0.29, 0.717) is 12.2 Å². The minimum atomic E-state index is -1.05. The van der Waals surface area contributed by atoms with E-state index < -0.39 is 5.60 Å². The third-order valence-electron chi connectivity index (χ3n) is 5.62. The molecule has 0 bridgehead atoms. The van der Waals surface area contributed by atoms with Crippen molar-refractivity contribution in [1.82, 2.24) is 24.5 Å². The largest absolute Gasteiger partial charge is 0.377 e. The highest BCUT2D eigenvalue weighted by molar-refractivity contribution is 7.13. The maximum atomic E-state index is 11.3. The van der Waals surface area contributed by atoms with Gasteiger partial charge in [-0.3, -0.25) is 0 Å². The number of hydrogen-bond acceptors (Lipinski definition) is 5. The summed E-state index contributed by atoms with van der Waals surface area (Å²) in [7, 11) is 0. The van der Waals surface area contributed by atoms with Gasteiger partial charge in [0.25, 0.3) is 0 Å². The normalized spacial score (nSPS) is 18.4. The lowest BCUT2D eigenvalue weighted by Crippen LogP contribution is -2.25. The molecule has 5 aromatic rings. The van der Waals surface area contributed by atoms with Crippen LogP contribution in [0.2, 0.25) is 0 Å². The SMILES string of the molecule is O[C@]1(c2cccc(-c3nc(-c4c[nH]c5ncccc45)cs3)c2)CCn2ccnc21. The summed E-state index contributed by atoms with van der Waals surface area (Å²) in [6, 6.07) is 12.0. The lowest BCUT2D eigenvalue weighted by molar-refractivity contribution is 0.0786. The number of H-pyrrole nitrogens is 1. The molecule has 0 amide bonds. The number of pyridine rings is 1. The molecule has 0 unspecified atom stereocenters. The molecule has 0 fully saturated rings. The number of thiazole rings is 1. The summed E-state index contributed by atoms with van der Waals surface area (Å²) < 4.78 is 2.01. The molecule has 7 heteroatoms. The van der Waals surface area contributed by atoms with Crippen molar-refractivity contribution in [3.05, 3.63) is 78.0 Å². The molecular formula is C22H17N5OS. The Hall–Kier alpha value is -3.29. The molecule has 4 aromatic heterocycles. The molecule has 2 N–H and O–H groups in total. The molecule has 142 valence electrons. The van der Waals surface area contributed by atoms with E-state index in [4.69, 9.17) is 4.98 Å². The third-order valence-corrected chi connectivity index (χ3v) is 6.51. The van der Waals surface area contributed by atoms with Crippen LogP contribution in [-0.4, -0.2) is 29.6 Å². The fourth-order valence-electron chi connectivity index (χ4n) is 4.13. The van der Waals surface area contributed by atoms with E-state index in [0.717, 1.165) is 45.0 Å². The summed E-state index contributed by atoms with van der Waals surface area (Å²) in [6.45, 7) is 0.770. The van der Waals surface area contributed by atoms with Crippen LogP contribution in [0.4, 0.5) is 0 Å². The summed E-state index contributed by atoms with van der Waals surface area (Å²) in [5, 5.41) is 15.4. The van der Waals surface area contributed by atoms with Gasteiger partial charge < -0.3 is 14.7 Å². The van der Waals surface area contributed by atoms with Crippen molar-refractivity contribution in [3.8, 4) is 21.8 Å². The number of nitrogens with zero attached hydrogens (tertiary/aromatic N) is 4. The maximum absolute atomic E-state index is 11.3. The minimum absolute atomic E-state index is 0.630. The van der Waals surface area contributed by atoms with Gasteiger partial charge in [-0.2, -0.15) is 0 Å². The van der Waals surface area contributed by atoms with Gasteiger partial charge >= 0.3 is 0 Å². The van der Waals surface area contributed by atoms with Gasteiger partial charge in [-0.1, -0.05) is 18.2 Å². The van der Waals surface area contributed by atoms with E-state index in [1.165, 1.54) is 0 Å². The van der Waals surface area contributed by atoms with Crippen LogP contribution in [0.25, 0.3) is 32.9 Å². The predicted molar refractivity (Wildman–Crippen MR) is 112 cm³/mol. The Labute approximate surface area is 170 Å². The number of rotatable bonds is 3. The van der Waals surface area contributed by atoms with Crippen LogP contribution in [0.15, 0.2) is 66.6 Å². The monoisotopic (exact) mass is 399 g/mol. The van der Waals surface area contributed by atoms with E-state index in [2.05, 4.69) is 20.3 Å². The number of nitrogens with one attached hydrogen (secondary N) is 1. The summed E-state index contributed by atoms with van der Waals surface area (Å²) in [5.41, 5.74) is 3.62. The molecule has 29 heavy (non-hydrogen) atoms. The van der Waals surface area contributed by atoms with Crippen molar-refractivity contribution >= 4 is 22.4 Å². The van der Waals surface area contributed by atoms with Crippen molar-refractivity contribution in [1.29, 1.82) is 0 Å². The van der Waals surface area contributed by atoms with E-state index in [-0.39, 0.29) is 0 Å². The molecule has 1 aromatic carbocycles. The molecule has 0 aliphatic carbocycles. The number of aryl methyl sites for hydroxylation is 1. The van der Waals surface area contributed by atoms with Crippen LogP contribution >= 0.6 is 11.3 Å². The summed E-state index contributed by atoms with van der Waals surface area (Å²) >= 11 is 1.60. The van der Waals surface area contributed by atoms with Gasteiger partial charge in [0.15, 0.2) is 0 Å². The zero-order valence-electron chi connectivity index (χ0n) is 15.4. The Balaban J connectivity index is 1.40. The highest BCUT2D eigenvalue weighted by atomic mass is 32.1. The van der Waals surface area contributed by atoms with Crippen LogP contribution in [0, 0.1) is 0 Å². The van der Waals surface area contributed by atoms with Gasteiger partial charge in [0.1, 0.15) is 22.1 Å². The van der Waals surface area contributed by atoms with Gasteiger partial charge in [0.2, 0.25) is 0 Å². The van der Waals surface area contributed by atoms with Crippen molar-refractivity contribution in [2.75, 3.05) is 0 Å². The van der Waals surface area contributed by atoms with Crippen LogP contribution in [0.3, 0.4) is 0 Å². The zero-order chi connectivity index (χ0) is 19.4. The molecule has 0 radical (unpaired) electrons. The van der Waals surface area contributed by atoms with E-state index in [9.17, 15) is 5.11 Å². The molecule has 6 nitrogen and oxygen atoms in total. The Morgan fingerprint density at radius 2 is 2.10 bits per heavy atom. The van der Waals surface area contributed by atoms with Crippen LogP contribution in [0.5, 0.6) is 0 Å². The number of benzene rings is 1. The predicted octanol–water partition coefficient (Wildman–Crippen LogP) is 4.19. The smallest absolute Gasteiger partial charge is 0.149 e. The highest BCUT2D eigenvalue weighted by Gasteiger charge is 2.40. The topological polar surface area (TPSA) is 79.6 Å². The second-order valence-corrected chi connectivity index (χ2v) is 8.13. The second-order valence-electron chi connectivity index (χ2n) is 7.28. The Bertz CT molecular complexity index is 1350. The number of aromatic amines is 1. The molecule has 1 aliphatic rings. The third kappa shape index (κ3) is 2.48. The van der Waals surface area contributed by atoms with Crippen LogP contribution in [0.1, 0.15) is 17.8 Å². The zero-order valence-corrected chi connectivity index (χ0v) is 16.2. The van der Waals surface area contributed by atoms with Crippen molar-refractivity contribution in [2.24, 2.45) is 0 Å². The molecule has 1 atom stereocenters. The van der Waals surface area contributed by atoms with Crippen molar-refractivity contribution in [2.45, 2.75) is 18.6 Å². The van der Waals surface area contributed by atoms with Crippen molar-refractivity contribution in [3.63, 3.8) is 0 Å². The average Bonchev–Trinajstić information content (AvgIpc) is 3.53. The van der Waals surface area contributed by atoms with E-state index >= 15 is 0 Å². The van der Waals surface area contributed by atoms with Gasteiger partial charge in [-0.25, -0.2) is 15.0 Å². The molecule has 1 aliphatic heterocycles. The van der Waals surface area contributed by atoms with Gasteiger partial charge in [-0.15, -0.1) is 11.3 Å². The fourth-order valence-corrected chi connectivity index (χ4v) is 4.95. The quantitative estimate of drug-likeness (QED) is 0.477. The Kier molecular flexibility index (Phi) is 3.50. The first-order chi connectivity index (χ1) is 14.2. The average molecular weight is 399 g/mol. The first kappa shape index (κ1) is 16.6. The van der Waals surface area contributed by atoms with Crippen LogP contribution in [-0.2, 0) is 12.1 Å². The Morgan fingerprint density at radius 1 is 1.14 bits per heavy atom. The van der Waals surface area contributed by atoms with E-state index in [1.54, 1.807) is 23.7 Å². The fraction of sp³-hybridized carbons (Fsp3) is 0.136.